The van der Waals surface area contributed by atoms with Crippen LogP contribution < -0.4 is 4.90 Å². The highest BCUT2D eigenvalue weighted by Gasteiger charge is 2.24. The van der Waals surface area contributed by atoms with Crippen molar-refractivity contribution in [2.45, 2.75) is 20.3 Å². The van der Waals surface area contributed by atoms with Crippen LogP contribution in [0, 0.1) is 19.7 Å². The summed E-state index contributed by atoms with van der Waals surface area (Å²) in [5.41, 5.74) is 4.01. The number of carbonyl (C=O) groups excluding carboxylic acids is 1. The van der Waals surface area contributed by atoms with Crippen molar-refractivity contribution < 1.29 is 9.18 Å². The Bertz CT molecular complexity index is 1100. The molecule has 1 fully saturated rings. The summed E-state index contributed by atoms with van der Waals surface area (Å²) in [6.07, 6.45) is 4.14. The minimum absolute atomic E-state index is 0.0232. The SMILES string of the molecule is Cc1nc(C)c(Cc2ccc(F)cc2)c(N2CCN(C(=O)/C=C/c3ccccc3)CC2)n1. The van der Waals surface area contributed by atoms with E-state index < -0.39 is 0 Å². The molecule has 0 saturated carbocycles. The van der Waals surface area contributed by atoms with Gasteiger partial charge < -0.3 is 9.80 Å². The number of benzene rings is 2. The van der Waals surface area contributed by atoms with Gasteiger partial charge in [0.15, 0.2) is 0 Å². The summed E-state index contributed by atoms with van der Waals surface area (Å²) in [6, 6.07) is 16.4. The van der Waals surface area contributed by atoms with Crippen LogP contribution in [0.3, 0.4) is 0 Å². The average molecular weight is 431 g/mol. The number of hydrogen-bond donors (Lipinski definition) is 0. The molecule has 1 saturated heterocycles. The maximum Gasteiger partial charge on any atom is 0.246 e. The molecular weight excluding hydrogens is 403 g/mol. The normalized spacial score (nSPS) is 14.2. The number of nitrogens with zero attached hydrogens (tertiary/aromatic N) is 4. The zero-order chi connectivity index (χ0) is 22.5. The average Bonchev–Trinajstić information content (AvgIpc) is 2.81. The van der Waals surface area contributed by atoms with Gasteiger partial charge in [-0.3, -0.25) is 4.79 Å². The first kappa shape index (κ1) is 21.7. The molecule has 0 bridgehead atoms. The van der Waals surface area contributed by atoms with E-state index in [-0.39, 0.29) is 11.7 Å². The highest BCUT2D eigenvalue weighted by atomic mass is 19.1. The van der Waals surface area contributed by atoms with Crippen molar-refractivity contribution in [1.82, 2.24) is 14.9 Å². The van der Waals surface area contributed by atoms with E-state index in [9.17, 15) is 9.18 Å². The van der Waals surface area contributed by atoms with E-state index in [4.69, 9.17) is 4.98 Å². The van der Waals surface area contributed by atoms with Crippen LogP contribution in [-0.2, 0) is 11.2 Å². The molecular formula is C26H27FN4O. The highest BCUT2D eigenvalue weighted by Crippen LogP contribution is 2.25. The standard InChI is InChI=1S/C26H27FN4O/c1-19-24(18-22-8-11-23(27)12-9-22)26(29-20(2)28-19)31-16-14-30(15-17-31)25(32)13-10-21-6-4-3-5-7-21/h3-13H,14-18H2,1-2H3/b13-10+. The molecule has 4 rings (SSSR count). The highest BCUT2D eigenvalue weighted by molar-refractivity contribution is 5.92. The molecule has 0 N–H and O–H groups in total. The van der Waals surface area contributed by atoms with Crippen LogP contribution in [-0.4, -0.2) is 47.0 Å². The lowest BCUT2D eigenvalue weighted by molar-refractivity contribution is -0.126. The van der Waals surface area contributed by atoms with Crippen molar-refractivity contribution in [3.05, 3.63) is 94.7 Å². The van der Waals surface area contributed by atoms with E-state index in [0.29, 0.717) is 32.6 Å². The Balaban J connectivity index is 1.46. The largest absolute Gasteiger partial charge is 0.353 e. The topological polar surface area (TPSA) is 49.3 Å². The minimum atomic E-state index is -0.243. The van der Waals surface area contributed by atoms with Crippen molar-refractivity contribution in [2.24, 2.45) is 0 Å². The van der Waals surface area contributed by atoms with Gasteiger partial charge in [0.2, 0.25) is 5.91 Å². The zero-order valence-electron chi connectivity index (χ0n) is 18.5. The van der Waals surface area contributed by atoms with Gasteiger partial charge in [0.1, 0.15) is 17.5 Å². The molecule has 6 heteroatoms. The van der Waals surface area contributed by atoms with Gasteiger partial charge in [-0.1, -0.05) is 42.5 Å². The molecule has 2 heterocycles. The Morgan fingerprint density at radius 3 is 2.34 bits per heavy atom. The fraction of sp³-hybridized carbons (Fsp3) is 0.269. The Morgan fingerprint density at radius 2 is 1.66 bits per heavy atom. The lowest BCUT2D eigenvalue weighted by Crippen LogP contribution is -2.49. The molecule has 3 aromatic rings. The molecule has 0 radical (unpaired) electrons. The third-order valence-corrected chi connectivity index (χ3v) is 5.71. The molecule has 1 aliphatic heterocycles. The van der Waals surface area contributed by atoms with E-state index >= 15 is 0 Å². The first-order valence-electron chi connectivity index (χ1n) is 10.8. The van der Waals surface area contributed by atoms with Gasteiger partial charge in [-0.2, -0.15) is 0 Å². The number of carbonyl (C=O) groups is 1. The predicted molar refractivity (Wildman–Crippen MR) is 125 cm³/mol. The number of amides is 1. The van der Waals surface area contributed by atoms with Gasteiger partial charge in [0.25, 0.3) is 0 Å². The van der Waals surface area contributed by atoms with Crippen molar-refractivity contribution >= 4 is 17.8 Å². The molecule has 0 atom stereocenters. The van der Waals surface area contributed by atoms with Gasteiger partial charge in [-0.05, 0) is 43.2 Å². The molecule has 32 heavy (non-hydrogen) atoms. The summed E-state index contributed by atoms with van der Waals surface area (Å²) in [6.45, 7) is 6.57. The minimum Gasteiger partial charge on any atom is -0.353 e. The van der Waals surface area contributed by atoms with E-state index in [1.165, 1.54) is 12.1 Å². The number of aromatic nitrogens is 2. The summed E-state index contributed by atoms with van der Waals surface area (Å²) in [4.78, 5) is 26.0. The van der Waals surface area contributed by atoms with Crippen molar-refractivity contribution in [1.29, 1.82) is 0 Å². The lowest BCUT2D eigenvalue weighted by atomic mass is 10.0. The number of rotatable bonds is 5. The number of halogens is 1. The van der Waals surface area contributed by atoms with E-state index in [2.05, 4.69) is 9.88 Å². The molecule has 1 aliphatic rings. The van der Waals surface area contributed by atoms with Gasteiger partial charge >= 0.3 is 0 Å². The second-order valence-electron chi connectivity index (χ2n) is 8.02. The maximum absolute atomic E-state index is 13.3. The number of hydrogen-bond acceptors (Lipinski definition) is 4. The fourth-order valence-corrected chi connectivity index (χ4v) is 3.97. The van der Waals surface area contributed by atoms with Crippen LogP contribution in [0.4, 0.5) is 10.2 Å². The fourth-order valence-electron chi connectivity index (χ4n) is 3.97. The Labute approximate surface area is 188 Å². The Kier molecular flexibility index (Phi) is 6.59. The second-order valence-corrected chi connectivity index (χ2v) is 8.02. The first-order chi connectivity index (χ1) is 15.5. The van der Waals surface area contributed by atoms with E-state index in [1.807, 2.05) is 55.2 Å². The summed E-state index contributed by atoms with van der Waals surface area (Å²) in [5.74, 6) is 1.42. The van der Waals surface area contributed by atoms with Crippen LogP contribution in [0.5, 0.6) is 0 Å². The van der Waals surface area contributed by atoms with E-state index in [0.717, 1.165) is 34.0 Å². The van der Waals surface area contributed by atoms with Crippen LogP contribution in [0.15, 0.2) is 60.7 Å². The van der Waals surface area contributed by atoms with Crippen LogP contribution in [0.1, 0.15) is 28.2 Å². The molecule has 164 valence electrons. The molecule has 0 aliphatic carbocycles. The maximum atomic E-state index is 13.3. The number of aryl methyl sites for hydroxylation is 2. The van der Waals surface area contributed by atoms with Crippen LogP contribution >= 0.6 is 0 Å². The smallest absolute Gasteiger partial charge is 0.246 e. The summed E-state index contributed by atoms with van der Waals surface area (Å²) >= 11 is 0. The van der Waals surface area contributed by atoms with Gasteiger partial charge in [-0.25, -0.2) is 14.4 Å². The van der Waals surface area contributed by atoms with Crippen molar-refractivity contribution in [2.75, 3.05) is 31.1 Å². The molecule has 0 unspecified atom stereocenters. The third kappa shape index (κ3) is 5.19. The van der Waals surface area contributed by atoms with Crippen LogP contribution in [0.25, 0.3) is 6.08 Å². The Morgan fingerprint density at radius 1 is 0.969 bits per heavy atom. The van der Waals surface area contributed by atoms with Crippen molar-refractivity contribution in [3.8, 4) is 0 Å². The molecule has 1 aromatic heterocycles. The first-order valence-corrected chi connectivity index (χ1v) is 10.8. The summed E-state index contributed by atoms with van der Waals surface area (Å²) in [5, 5.41) is 0. The third-order valence-electron chi connectivity index (χ3n) is 5.71. The van der Waals surface area contributed by atoms with Gasteiger partial charge in [0.05, 0.1) is 0 Å². The van der Waals surface area contributed by atoms with E-state index in [1.54, 1.807) is 18.2 Å². The molecule has 1 amide bonds. The molecule has 5 nitrogen and oxygen atoms in total. The zero-order valence-corrected chi connectivity index (χ0v) is 18.5. The van der Waals surface area contributed by atoms with Crippen molar-refractivity contribution in [3.63, 3.8) is 0 Å². The molecule has 2 aromatic carbocycles. The number of anilines is 1. The monoisotopic (exact) mass is 430 g/mol. The van der Waals surface area contributed by atoms with Crippen LogP contribution in [0.2, 0.25) is 0 Å². The summed E-state index contributed by atoms with van der Waals surface area (Å²) < 4.78 is 13.3. The number of piperazine rings is 1. The van der Waals surface area contributed by atoms with Gasteiger partial charge in [-0.15, -0.1) is 0 Å². The Hall–Kier alpha value is -3.54. The predicted octanol–water partition coefficient (Wildman–Crippen LogP) is 4.19. The second kappa shape index (κ2) is 9.73. The molecule has 0 spiro atoms. The summed E-state index contributed by atoms with van der Waals surface area (Å²) in [7, 11) is 0. The quantitative estimate of drug-likeness (QED) is 0.570. The van der Waals surface area contributed by atoms with Gasteiger partial charge in [0, 0.05) is 49.9 Å². The lowest BCUT2D eigenvalue weighted by Gasteiger charge is -2.36.